The highest BCUT2D eigenvalue weighted by molar-refractivity contribution is 7.89. The van der Waals surface area contributed by atoms with Crippen LogP contribution in [0.15, 0.2) is 34.5 Å². The summed E-state index contributed by atoms with van der Waals surface area (Å²) in [5.74, 6) is -0.00356. The Morgan fingerprint density at radius 2 is 1.86 bits per heavy atom. The van der Waals surface area contributed by atoms with Crippen LogP contribution in [-0.4, -0.2) is 43.2 Å². The number of benzene rings is 1. The van der Waals surface area contributed by atoms with E-state index in [9.17, 15) is 13.2 Å². The summed E-state index contributed by atoms with van der Waals surface area (Å²) in [5.41, 5.74) is 1.24. The second-order valence-corrected chi connectivity index (χ2v) is 10.9. The quantitative estimate of drug-likeness (QED) is 0.696. The Hall–Kier alpha value is -1.12. The lowest BCUT2D eigenvalue weighted by Gasteiger charge is -2.35. The van der Waals surface area contributed by atoms with Crippen LogP contribution in [-0.2, 0) is 27.8 Å². The van der Waals surface area contributed by atoms with E-state index >= 15 is 0 Å². The normalized spacial score (nSPS) is 18.9. The Balaban J connectivity index is 1.42. The fraction of sp³-hybridized carbons (Fsp3) is 0.421. The van der Waals surface area contributed by atoms with Crippen molar-refractivity contribution in [2.75, 3.05) is 19.6 Å². The molecule has 3 heterocycles. The maximum Gasteiger partial charge on any atom is 0.244 e. The molecular weight excluding hydrogens is 439 g/mol. The molecule has 0 bridgehead atoms. The molecule has 9 heteroatoms. The van der Waals surface area contributed by atoms with Crippen LogP contribution in [0.4, 0.5) is 0 Å². The van der Waals surface area contributed by atoms with E-state index < -0.39 is 10.0 Å². The molecule has 2 aliphatic heterocycles. The molecule has 0 saturated carbocycles. The predicted octanol–water partition coefficient (Wildman–Crippen LogP) is 4.04. The van der Waals surface area contributed by atoms with E-state index in [-0.39, 0.29) is 21.7 Å². The van der Waals surface area contributed by atoms with Gasteiger partial charge in [-0.3, -0.25) is 4.79 Å². The number of carbonyl (C=O) groups excluding carboxylic acids is 1. The molecule has 0 radical (unpaired) electrons. The molecule has 4 rings (SSSR count). The lowest BCUT2D eigenvalue weighted by Crippen LogP contribution is -2.45. The van der Waals surface area contributed by atoms with Gasteiger partial charge in [-0.2, -0.15) is 4.31 Å². The first-order valence-electron chi connectivity index (χ1n) is 9.15. The molecule has 2 aliphatic rings. The number of amides is 1. The largest absolute Gasteiger partial charge is 0.338 e. The van der Waals surface area contributed by atoms with Crippen LogP contribution in [0.1, 0.15) is 23.3 Å². The Bertz CT molecular complexity index is 998. The minimum atomic E-state index is -3.73. The summed E-state index contributed by atoms with van der Waals surface area (Å²) in [6.45, 7) is 2.01. The molecule has 5 nitrogen and oxygen atoms in total. The molecule has 1 amide bonds. The van der Waals surface area contributed by atoms with E-state index in [0.29, 0.717) is 37.5 Å². The summed E-state index contributed by atoms with van der Waals surface area (Å²) < 4.78 is 27.3. The molecule has 28 heavy (non-hydrogen) atoms. The van der Waals surface area contributed by atoms with Gasteiger partial charge in [0.1, 0.15) is 4.90 Å². The topological polar surface area (TPSA) is 57.7 Å². The van der Waals surface area contributed by atoms with Crippen molar-refractivity contribution in [3.05, 3.63) is 50.1 Å². The van der Waals surface area contributed by atoms with E-state index in [2.05, 4.69) is 11.4 Å². The molecule has 0 unspecified atom stereocenters. The van der Waals surface area contributed by atoms with Gasteiger partial charge < -0.3 is 4.90 Å². The van der Waals surface area contributed by atoms with Crippen molar-refractivity contribution in [1.29, 1.82) is 0 Å². The maximum atomic E-state index is 12.9. The molecule has 1 aromatic heterocycles. The molecular formula is C19H20Cl2N2O3S2. The SMILES string of the molecule is O=C(C1CCN(S(=O)(=O)c2cc(Cl)ccc2Cl)CC1)N1CCc2sccc2C1. The molecule has 2 aromatic rings. The maximum absolute atomic E-state index is 12.9. The lowest BCUT2D eigenvalue weighted by atomic mass is 9.95. The van der Waals surface area contributed by atoms with Gasteiger partial charge in [-0.1, -0.05) is 23.2 Å². The standard InChI is InChI=1S/C19H20Cl2N2O3S2/c20-15-1-2-16(21)18(11-15)28(25,26)23-8-3-13(4-9-23)19(24)22-7-5-17-14(12-22)6-10-27-17/h1-2,6,10-11,13H,3-5,7-9,12H2. The van der Waals surface area contributed by atoms with Gasteiger partial charge in [-0.05, 0) is 54.5 Å². The molecule has 0 aliphatic carbocycles. The van der Waals surface area contributed by atoms with Crippen molar-refractivity contribution < 1.29 is 13.2 Å². The summed E-state index contributed by atoms with van der Waals surface area (Å²) in [5, 5.41) is 2.55. The molecule has 150 valence electrons. The van der Waals surface area contributed by atoms with Crippen molar-refractivity contribution >= 4 is 50.5 Å². The number of fused-ring (bicyclic) bond motifs is 1. The third-order valence-corrected chi connectivity index (χ3v) is 9.07. The van der Waals surface area contributed by atoms with Crippen molar-refractivity contribution in [3.8, 4) is 0 Å². The average molecular weight is 459 g/mol. The molecule has 1 aromatic carbocycles. The number of sulfonamides is 1. The number of nitrogens with zero attached hydrogens (tertiary/aromatic N) is 2. The number of halogens is 2. The van der Waals surface area contributed by atoms with Crippen molar-refractivity contribution in [2.24, 2.45) is 5.92 Å². The van der Waals surface area contributed by atoms with Gasteiger partial charge in [0.15, 0.2) is 0 Å². The highest BCUT2D eigenvalue weighted by Gasteiger charge is 2.35. The first-order chi connectivity index (χ1) is 13.4. The van der Waals surface area contributed by atoms with Crippen LogP contribution in [0.25, 0.3) is 0 Å². The Kier molecular flexibility index (Phi) is 5.73. The van der Waals surface area contributed by atoms with E-state index in [0.717, 1.165) is 13.0 Å². The van der Waals surface area contributed by atoms with Crippen LogP contribution < -0.4 is 0 Å². The summed E-state index contributed by atoms with van der Waals surface area (Å²) in [4.78, 5) is 16.2. The van der Waals surface area contributed by atoms with Gasteiger partial charge in [0.25, 0.3) is 0 Å². The second kappa shape index (κ2) is 7.95. The van der Waals surface area contributed by atoms with E-state index in [4.69, 9.17) is 23.2 Å². The van der Waals surface area contributed by atoms with Gasteiger partial charge in [0.2, 0.25) is 15.9 Å². The van der Waals surface area contributed by atoms with Gasteiger partial charge in [-0.25, -0.2) is 8.42 Å². The van der Waals surface area contributed by atoms with Crippen LogP contribution in [0.3, 0.4) is 0 Å². The summed E-state index contributed by atoms with van der Waals surface area (Å²) in [6, 6.07) is 6.51. The number of thiophene rings is 1. The Morgan fingerprint density at radius 3 is 2.61 bits per heavy atom. The fourth-order valence-electron chi connectivity index (χ4n) is 3.85. The zero-order valence-corrected chi connectivity index (χ0v) is 18.3. The molecule has 1 fully saturated rings. The number of piperidine rings is 1. The summed E-state index contributed by atoms with van der Waals surface area (Å²) >= 11 is 13.8. The van der Waals surface area contributed by atoms with Gasteiger partial charge in [0.05, 0.1) is 5.02 Å². The monoisotopic (exact) mass is 458 g/mol. The minimum absolute atomic E-state index is 0.0208. The Labute approximate surface area is 178 Å². The lowest BCUT2D eigenvalue weighted by molar-refractivity contribution is -0.137. The van der Waals surface area contributed by atoms with Crippen LogP contribution in [0, 0.1) is 5.92 Å². The molecule has 0 N–H and O–H groups in total. The smallest absolute Gasteiger partial charge is 0.244 e. The summed E-state index contributed by atoms with van der Waals surface area (Å²) in [6.07, 6.45) is 1.94. The first-order valence-corrected chi connectivity index (χ1v) is 12.2. The van der Waals surface area contributed by atoms with Crippen LogP contribution in [0.2, 0.25) is 10.0 Å². The first kappa shape index (κ1) is 20.2. The fourth-order valence-corrected chi connectivity index (χ4v) is 6.95. The van der Waals surface area contributed by atoms with E-state index in [1.807, 2.05) is 4.90 Å². The molecule has 0 spiro atoms. The van der Waals surface area contributed by atoms with Crippen LogP contribution in [0.5, 0.6) is 0 Å². The van der Waals surface area contributed by atoms with Gasteiger partial charge >= 0.3 is 0 Å². The zero-order chi connectivity index (χ0) is 19.9. The summed E-state index contributed by atoms with van der Waals surface area (Å²) in [7, 11) is -3.73. The van der Waals surface area contributed by atoms with Crippen molar-refractivity contribution in [1.82, 2.24) is 9.21 Å². The van der Waals surface area contributed by atoms with Gasteiger partial charge in [-0.15, -0.1) is 11.3 Å². The second-order valence-electron chi connectivity index (χ2n) is 7.13. The van der Waals surface area contributed by atoms with Crippen LogP contribution >= 0.6 is 34.5 Å². The Morgan fingerprint density at radius 1 is 1.11 bits per heavy atom. The number of rotatable bonds is 3. The highest BCUT2D eigenvalue weighted by Crippen LogP contribution is 2.32. The zero-order valence-electron chi connectivity index (χ0n) is 15.1. The van der Waals surface area contributed by atoms with E-state index in [1.165, 1.54) is 26.9 Å². The predicted molar refractivity (Wildman–Crippen MR) is 111 cm³/mol. The molecule has 1 saturated heterocycles. The number of hydrogen-bond acceptors (Lipinski definition) is 4. The highest BCUT2D eigenvalue weighted by atomic mass is 35.5. The minimum Gasteiger partial charge on any atom is -0.338 e. The third kappa shape index (κ3) is 3.83. The molecule has 0 atom stereocenters. The average Bonchev–Trinajstić information content (AvgIpc) is 3.17. The van der Waals surface area contributed by atoms with Gasteiger partial charge in [0, 0.05) is 42.0 Å². The van der Waals surface area contributed by atoms with Crippen molar-refractivity contribution in [2.45, 2.75) is 30.7 Å². The van der Waals surface area contributed by atoms with Crippen molar-refractivity contribution in [3.63, 3.8) is 0 Å². The van der Waals surface area contributed by atoms with E-state index in [1.54, 1.807) is 17.4 Å². The third-order valence-electron chi connectivity index (χ3n) is 5.43. The number of carbonyl (C=O) groups is 1. The number of hydrogen-bond donors (Lipinski definition) is 0.